The number of hydrogen-bond donors (Lipinski definition) is 0. The largest absolute Gasteiger partial charge is 0.491 e. The van der Waals surface area contributed by atoms with E-state index in [-0.39, 0.29) is 5.82 Å². The normalized spacial score (nSPS) is 9.60. The van der Waals surface area contributed by atoms with Gasteiger partial charge in [-0.05, 0) is 31.4 Å². The molecule has 0 saturated heterocycles. The molecule has 0 atom stereocenters. The summed E-state index contributed by atoms with van der Waals surface area (Å²) in [6.07, 6.45) is 8.88. The summed E-state index contributed by atoms with van der Waals surface area (Å²) in [5.41, 5.74) is 0. The van der Waals surface area contributed by atoms with Gasteiger partial charge in [0.05, 0.1) is 6.61 Å². The zero-order valence-electron chi connectivity index (χ0n) is 8.71. The summed E-state index contributed by atoms with van der Waals surface area (Å²) < 4.78 is 18.4. The van der Waals surface area contributed by atoms with Crippen LogP contribution in [0.1, 0.15) is 25.7 Å². The van der Waals surface area contributed by atoms with Crippen LogP contribution >= 0.6 is 0 Å². The zero-order chi connectivity index (χ0) is 10.9. The van der Waals surface area contributed by atoms with E-state index in [1.807, 2.05) is 0 Å². The van der Waals surface area contributed by atoms with Gasteiger partial charge in [0.15, 0.2) is 11.6 Å². The molecule has 0 aliphatic carbocycles. The SMILES string of the molecule is C#CCCCCCOc1ccccc1F. The standard InChI is InChI=1S/C13H15FO/c1-2-3-4-5-8-11-15-13-10-7-6-9-12(13)14/h1,6-7,9-10H,3-5,8,11H2. The molecule has 0 unspecified atom stereocenters. The molecule has 0 amide bonds. The maximum atomic E-state index is 13.1. The molecule has 0 aliphatic rings. The predicted molar refractivity (Wildman–Crippen MR) is 59.2 cm³/mol. The maximum Gasteiger partial charge on any atom is 0.165 e. The third kappa shape index (κ3) is 4.51. The third-order valence-corrected chi connectivity index (χ3v) is 2.06. The molecule has 0 N–H and O–H groups in total. The summed E-state index contributed by atoms with van der Waals surface area (Å²) in [5.74, 6) is 2.61. The molecule has 0 bridgehead atoms. The smallest absolute Gasteiger partial charge is 0.165 e. The van der Waals surface area contributed by atoms with Gasteiger partial charge in [0.2, 0.25) is 0 Å². The molecule has 0 radical (unpaired) electrons. The minimum absolute atomic E-state index is 0.305. The average molecular weight is 206 g/mol. The van der Waals surface area contributed by atoms with Crippen molar-refractivity contribution in [3.63, 3.8) is 0 Å². The second kappa shape index (κ2) is 6.89. The molecule has 0 spiro atoms. The minimum atomic E-state index is -0.305. The molecule has 1 nitrogen and oxygen atoms in total. The van der Waals surface area contributed by atoms with Crippen molar-refractivity contribution in [3.8, 4) is 18.1 Å². The molecule has 15 heavy (non-hydrogen) atoms. The van der Waals surface area contributed by atoms with Crippen molar-refractivity contribution in [1.82, 2.24) is 0 Å². The summed E-state index contributed by atoms with van der Waals surface area (Å²) in [7, 11) is 0. The lowest BCUT2D eigenvalue weighted by molar-refractivity contribution is 0.291. The van der Waals surface area contributed by atoms with Gasteiger partial charge < -0.3 is 4.74 Å². The fourth-order valence-electron chi connectivity index (χ4n) is 1.25. The van der Waals surface area contributed by atoms with Gasteiger partial charge in [-0.2, -0.15) is 0 Å². The average Bonchev–Trinajstić information content (AvgIpc) is 2.25. The Hall–Kier alpha value is -1.49. The molecule has 1 aromatic carbocycles. The fraction of sp³-hybridized carbons (Fsp3) is 0.385. The second-order valence-corrected chi connectivity index (χ2v) is 3.29. The van der Waals surface area contributed by atoms with E-state index in [2.05, 4.69) is 5.92 Å². The minimum Gasteiger partial charge on any atom is -0.491 e. The van der Waals surface area contributed by atoms with Gasteiger partial charge in [0, 0.05) is 6.42 Å². The number of benzene rings is 1. The monoisotopic (exact) mass is 206 g/mol. The Kier molecular flexibility index (Phi) is 5.32. The van der Waals surface area contributed by atoms with Crippen LogP contribution in [0.4, 0.5) is 4.39 Å². The first-order chi connectivity index (χ1) is 7.34. The van der Waals surface area contributed by atoms with Crippen LogP contribution in [0.15, 0.2) is 24.3 Å². The molecular weight excluding hydrogens is 191 g/mol. The highest BCUT2D eigenvalue weighted by Gasteiger charge is 1.99. The lowest BCUT2D eigenvalue weighted by atomic mass is 10.2. The Balaban J connectivity index is 2.16. The predicted octanol–water partition coefficient (Wildman–Crippen LogP) is 3.40. The van der Waals surface area contributed by atoms with Crippen molar-refractivity contribution < 1.29 is 9.13 Å². The van der Waals surface area contributed by atoms with Crippen LogP contribution in [-0.4, -0.2) is 6.61 Å². The first-order valence-electron chi connectivity index (χ1n) is 5.15. The van der Waals surface area contributed by atoms with E-state index in [0.717, 1.165) is 25.7 Å². The number of rotatable bonds is 6. The summed E-state index contributed by atoms with van der Waals surface area (Å²) in [6, 6.07) is 6.44. The van der Waals surface area contributed by atoms with Crippen molar-refractivity contribution >= 4 is 0 Å². The zero-order valence-corrected chi connectivity index (χ0v) is 8.71. The van der Waals surface area contributed by atoms with Gasteiger partial charge in [0.1, 0.15) is 0 Å². The first kappa shape index (κ1) is 11.6. The topological polar surface area (TPSA) is 9.23 Å². The number of halogens is 1. The van der Waals surface area contributed by atoms with Gasteiger partial charge in [-0.15, -0.1) is 12.3 Å². The van der Waals surface area contributed by atoms with Crippen molar-refractivity contribution in [2.24, 2.45) is 0 Å². The van der Waals surface area contributed by atoms with Crippen LogP contribution in [0.5, 0.6) is 5.75 Å². The number of ether oxygens (including phenoxy) is 1. The van der Waals surface area contributed by atoms with Crippen LogP contribution in [0.25, 0.3) is 0 Å². The van der Waals surface area contributed by atoms with Crippen molar-refractivity contribution in [1.29, 1.82) is 0 Å². The van der Waals surface area contributed by atoms with E-state index in [9.17, 15) is 4.39 Å². The van der Waals surface area contributed by atoms with Crippen molar-refractivity contribution in [2.45, 2.75) is 25.7 Å². The Morgan fingerprint density at radius 1 is 1.20 bits per heavy atom. The van der Waals surface area contributed by atoms with E-state index in [1.54, 1.807) is 18.2 Å². The lowest BCUT2D eigenvalue weighted by Crippen LogP contribution is -1.98. The lowest BCUT2D eigenvalue weighted by Gasteiger charge is -2.05. The molecular formula is C13H15FO. The van der Waals surface area contributed by atoms with Crippen LogP contribution in [-0.2, 0) is 0 Å². The molecule has 0 heterocycles. The first-order valence-corrected chi connectivity index (χ1v) is 5.15. The van der Waals surface area contributed by atoms with Crippen molar-refractivity contribution in [2.75, 3.05) is 6.61 Å². The van der Waals surface area contributed by atoms with E-state index in [4.69, 9.17) is 11.2 Å². The maximum absolute atomic E-state index is 13.1. The number of hydrogen-bond acceptors (Lipinski definition) is 1. The molecule has 1 rings (SSSR count). The third-order valence-electron chi connectivity index (χ3n) is 2.06. The van der Waals surface area contributed by atoms with Crippen molar-refractivity contribution in [3.05, 3.63) is 30.1 Å². The van der Waals surface area contributed by atoms with E-state index in [1.165, 1.54) is 6.07 Å². The molecule has 0 aliphatic heterocycles. The van der Waals surface area contributed by atoms with Crippen LogP contribution in [0.2, 0.25) is 0 Å². The molecule has 80 valence electrons. The summed E-state index contributed by atoms with van der Waals surface area (Å²) in [4.78, 5) is 0. The molecule has 2 heteroatoms. The van der Waals surface area contributed by atoms with Gasteiger partial charge in [-0.3, -0.25) is 0 Å². The van der Waals surface area contributed by atoms with Gasteiger partial charge in [0.25, 0.3) is 0 Å². The Labute approximate surface area is 90.3 Å². The number of unbranched alkanes of at least 4 members (excludes halogenated alkanes) is 3. The van der Waals surface area contributed by atoms with Gasteiger partial charge in [-0.25, -0.2) is 4.39 Å². The summed E-state index contributed by atoms with van der Waals surface area (Å²) in [5, 5.41) is 0. The molecule has 0 saturated carbocycles. The second-order valence-electron chi connectivity index (χ2n) is 3.29. The highest BCUT2D eigenvalue weighted by molar-refractivity contribution is 5.23. The van der Waals surface area contributed by atoms with E-state index >= 15 is 0 Å². The Morgan fingerprint density at radius 2 is 2.00 bits per heavy atom. The highest BCUT2D eigenvalue weighted by Crippen LogP contribution is 2.15. The quantitative estimate of drug-likeness (QED) is 0.512. The van der Waals surface area contributed by atoms with E-state index < -0.39 is 0 Å². The fourth-order valence-corrected chi connectivity index (χ4v) is 1.25. The van der Waals surface area contributed by atoms with Crippen LogP contribution in [0, 0.1) is 18.2 Å². The summed E-state index contributed by atoms with van der Waals surface area (Å²) >= 11 is 0. The van der Waals surface area contributed by atoms with Gasteiger partial charge in [-0.1, -0.05) is 12.1 Å². The summed E-state index contributed by atoms with van der Waals surface area (Å²) in [6.45, 7) is 0.547. The highest BCUT2D eigenvalue weighted by atomic mass is 19.1. The van der Waals surface area contributed by atoms with Crippen LogP contribution in [0.3, 0.4) is 0 Å². The number of para-hydroxylation sites is 1. The van der Waals surface area contributed by atoms with Gasteiger partial charge >= 0.3 is 0 Å². The molecule has 1 aromatic rings. The molecule has 0 fully saturated rings. The molecule has 0 aromatic heterocycles. The Bertz CT molecular complexity index is 328. The number of terminal acetylenes is 1. The van der Waals surface area contributed by atoms with Crippen LogP contribution < -0.4 is 4.74 Å². The van der Waals surface area contributed by atoms with E-state index in [0.29, 0.717) is 12.4 Å². The Morgan fingerprint density at radius 3 is 2.73 bits per heavy atom.